The van der Waals surface area contributed by atoms with Crippen LogP contribution in [0, 0.1) is 11.8 Å². The van der Waals surface area contributed by atoms with E-state index in [1.54, 1.807) is 0 Å². The van der Waals surface area contributed by atoms with Gasteiger partial charge in [-0.05, 0) is 70.0 Å². The summed E-state index contributed by atoms with van der Waals surface area (Å²) in [5.41, 5.74) is 0. The van der Waals surface area contributed by atoms with Crippen LogP contribution in [0.2, 0.25) is 0 Å². The fourth-order valence-electron chi connectivity index (χ4n) is 4.46. The Morgan fingerprint density at radius 2 is 1.76 bits per heavy atom. The van der Waals surface area contributed by atoms with Gasteiger partial charge in [0.2, 0.25) is 0 Å². The molecule has 21 heavy (non-hydrogen) atoms. The number of rotatable bonds is 7. The summed E-state index contributed by atoms with van der Waals surface area (Å²) in [6.07, 6.45) is 14.2. The van der Waals surface area contributed by atoms with Crippen LogP contribution in [0.15, 0.2) is 0 Å². The van der Waals surface area contributed by atoms with Crippen LogP contribution < -0.4 is 5.32 Å². The fourth-order valence-corrected chi connectivity index (χ4v) is 4.46. The third-order valence-corrected chi connectivity index (χ3v) is 5.70. The van der Waals surface area contributed by atoms with Gasteiger partial charge in [-0.3, -0.25) is 0 Å². The molecule has 2 rings (SSSR count). The maximum Gasteiger partial charge on any atom is 0.0107 e. The van der Waals surface area contributed by atoms with Crippen molar-refractivity contribution in [1.82, 2.24) is 10.2 Å². The van der Waals surface area contributed by atoms with Crippen molar-refractivity contribution in [1.29, 1.82) is 0 Å². The number of nitrogens with zero attached hydrogens (tertiary/aromatic N) is 1. The van der Waals surface area contributed by atoms with Gasteiger partial charge in [0, 0.05) is 12.6 Å². The first-order valence-electron chi connectivity index (χ1n) is 9.79. The topological polar surface area (TPSA) is 15.3 Å². The zero-order chi connectivity index (χ0) is 14.9. The van der Waals surface area contributed by atoms with Crippen molar-refractivity contribution in [2.45, 2.75) is 84.1 Å². The van der Waals surface area contributed by atoms with E-state index in [1.807, 2.05) is 0 Å². The van der Waals surface area contributed by atoms with E-state index in [-0.39, 0.29) is 0 Å². The second kappa shape index (κ2) is 9.84. The van der Waals surface area contributed by atoms with Gasteiger partial charge in [0.1, 0.15) is 0 Å². The van der Waals surface area contributed by atoms with Gasteiger partial charge in [-0.15, -0.1) is 0 Å². The van der Waals surface area contributed by atoms with Crippen LogP contribution in [0.25, 0.3) is 0 Å². The molecule has 1 saturated heterocycles. The molecule has 124 valence electrons. The molecular formula is C19H38N2. The molecule has 0 aromatic heterocycles. The molecule has 2 aliphatic rings. The molecule has 2 nitrogen and oxygen atoms in total. The van der Waals surface area contributed by atoms with Crippen molar-refractivity contribution < 1.29 is 0 Å². The molecule has 1 saturated carbocycles. The van der Waals surface area contributed by atoms with E-state index in [4.69, 9.17) is 0 Å². The van der Waals surface area contributed by atoms with Crippen LogP contribution in [0.3, 0.4) is 0 Å². The van der Waals surface area contributed by atoms with Crippen LogP contribution in [0.1, 0.15) is 78.1 Å². The minimum absolute atomic E-state index is 0.799. The molecule has 0 amide bonds. The Kier molecular flexibility index (Phi) is 8.10. The van der Waals surface area contributed by atoms with E-state index < -0.39 is 0 Å². The molecule has 3 unspecified atom stereocenters. The standard InChI is InChI=1S/C19H38N2/c1-3-8-17-9-7-14-21(15-12-17)16-18-10-5-6-11-19(18)20-13-4-2/h17-20H,3-16H2,1-2H3. The highest BCUT2D eigenvalue weighted by Gasteiger charge is 2.27. The molecule has 1 N–H and O–H groups in total. The SMILES string of the molecule is CCCNC1CCCCC1CN1CCCC(CCC)CC1. The van der Waals surface area contributed by atoms with Gasteiger partial charge in [0.25, 0.3) is 0 Å². The Labute approximate surface area is 133 Å². The monoisotopic (exact) mass is 294 g/mol. The smallest absolute Gasteiger partial charge is 0.0107 e. The lowest BCUT2D eigenvalue weighted by molar-refractivity contribution is 0.170. The van der Waals surface area contributed by atoms with Crippen molar-refractivity contribution in [3.05, 3.63) is 0 Å². The lowest BCUT2D eigenvalue weighted by atomic mass is 9.84. The second-order valence-corrected chi connectivity index (χ2v) is 7.49. The molecule has 0 aromatic rings. The minimum atomic E-state index is 0.799. The molecule has 1 heterocycles. The number of nitrogens with one attached hydrogen (secondary N) is 1. The summed E-state index contributed by atoms with van der Waals surface area (Å²) in [4.78, 5) is 2.80. The normalized spacial score (nSPS) is 32.0. The van der Waals surface area contributed by atoms with Crippen molar-refractivity contribution in [3.63, 3.8) is 0 Å². The summed E-state index contributed by atoms with van der Waals surface area (Å²) >= 11 is 0. The van der Waals surface area contributed by atoms with Crippen molar-refractivity contribution in [2.75, 3.05) is 26.2 Å². The maximum atomic E-state index is 3.83. The predicted octanol–water partition coefficient (Wildman–Crippen LogP) is 4.45. The Morgan fingerprint density at radius 1 is 0.905 bits per heavy atom. The molecule has 3 atom stereocenters. The van der Waals surface area contributed by atoms with Gasteiger partial charge in [-0.1, -0.05) is 39.5 Å². The summed E-state index contributed by atoms with van der Waals surface area (Å²) in [6.45, 7) is 9.92. The zero-order valence-electron chi connectivity index (χ0n) is 14.6. The average molecular weight is 295 g/mol. The van der Waals surface area contributed by atoms with Crippen LogP contribution in [-0.4, -0.2) is 37.1 Å². The summed E-state index contributed by atoms with van der Waals surface area (Å²) in [6, 6.07) is 0.799. The highest BCUT2D eigenvalue weighted by Crippen LogP contribution is 2.27. The van der Waals surface area contributed by atoms with Gasteiger partial charge >= 0.3 is 0 Å². The highest BCUT2D eigenvalue weighted by atomic mass is 15.1. The summed E-state index contributed by atoms with van der Waals surface area (Å²) < 4.78 is 0. The van der Waals surface area contributed by atoms with Crippen molar-refractivity contribution in [3.8, 4) is 0 Å². The van der Waals surface area contributed by atoms with Crippen molar-refractivity contribution >= 4 is 0 Å². The number of hydrogen-bond donors (Lipinski definition) is 1. The fraction of sp³-hybridized carbons (Fsp3) is 1.00. The summed E-state index contributed by atoms with van der Waals surface area (Å²) in [7, 11) is 0. The zero-order valence-corrected chi connectivity index (χ0v) is 14.6. The molecule has 0 radical (unpaired) electrons. The summed E-state index contributed by atoms with van der Waals surface area (Å²) in [5.74, 6) is 1.92. The first-order valence-corrected chi connectivity index (χ1v) is 9.79. The van der Waals surface area contributed by atoms with Crippen molar-refractivity contribution in [2.24, 2.45) is 11.8 Å². The quantitative estimate of drug-likeness (QED) is 0.746. The van der Waals surface area contributed by atoms with E-state index in [1.165, 1.54) is 90.4 Å². The molecule has 2 heteroatoms. The first-order chi connectivity index (χ1) is 10.3. The van der Waals surface area contributed by atoms with Gasteiger partial charge in [-0.2, -0.15) is 0 Å². The number of hydrogen-bond acceptors (Lipinski definition) is 2. The van der Waals surface area contributed by atoms with E-state index >= 15 is 0 Å². The Morgan fingerprint density at radius 3 is 2.57 bits per heavy atom. The average Bonchev–Trinajstić information content (AvgIpc) is 2.72. The van der Waals surface area contributed by atoms with Gasteiger partial charge in [0.05, 0.1) is 0 Å². The van der Waals surface area contributed by atoms with Gasteiger partial charge < -0.3 is 10.2 Å². The van der Waals surface area contributed by atoms with E-state index in [2.05, 4.69) is 24.1 Å². The lowest BCUT2D eigenvalue weighted by Gasteiger charge is -2.36. The Bertz CT molecular complexity index is 266. The molecule has 1 aliphatic heterocycles. The molecule has 0 bridgehead atoms. The van der Waals surface area contributed by atoms with E-state index in [0.29, 0.717) is 0 Å². The van der Waals surface area contributed by atoms with E-state index in [0.717, 1.165) is 17.9 Å². The first kappa shape index (κ1) is 17.3. The lowest BCUT2D eigenvalue weighted by Crippen LogP contribution is -2.44. The minimum Gasteiger partial charge on any atom is -0.314 e. The third-order valence-electron chi connectivity index (χ3n) is 5.70. The highest BCUT2D eigenvalue weighted by molar-refractivity contribution is 4.84. The molecule has 1 aliphatic carbocycles. The van der Waals surface area contributed by atoms with Crippen LogP contribution in [0.4, 0.5) is 0 Å². The Hall–Kier alpha value is -0.0800. The number of likely N-dealkylation sites (tertiary alicyclic amines) is 1. The third kappa shape index (κ3) is 5.90. The van der Waals surface area contributed by atoms with Gasteiger partial charge in [-0.25, -0.2) is 0 Å². The van der Waals surface area contributed by atoms with Gasteiger partial charge in [0.15, 0.2) is 0 Å². The van der Waals surface area contributed by atoms with Crippen LogP contribution in [-0.2, 0) is 0 Å². The molecule has 2 fully saturated rings. The second-order valence-electron chi connectivity index (χ2n) is 7.49. The molecule has 0 spiro atoms. The predicted molar refractivity (Wildman–Crippen MR) is 92.7 cm³/mol. The van der Waals surface area contributed by atoms with Crippen LogP contribution >= 0.6 is 0 Å². The Balaban J connectivity index is 1.78. The van der Waals surface area contributed by atoms with E-state index in [9.17, 15) is 0 Å². The summed E-state index contributed by atoms with van der Waals surface area (Å²) in [5, 5.41) is 3.83. The van der Waals surface area contributed by atoms with Crippen LogP contribution in [0.5, 0.6) is 0 Å². The maximum absolute atomic E-state index is 3.83. The molecule has 0 aromatic carbocycles. The molecular weight excluding hydrogens is 256 g/mol. The largest absolute Gasteiger partial charge is 0.314 e.